The number of nitrogens with one attached hydrogen (secondary N) is 2. The fourth-order valence-corrected chi connectivity index (χ4v) is 2.68. The molecular formula is C19H31N3O2. The highest BCUT2D eigenvalue weighted by Crippen LogP contribution is 2.22. The van der Waals surface area contributed by atoms with Crippen molar-refractivity contribution >= 4 is 5.96 Å². The number of aryl methyl sites for hydroxylation is 1. The average Bonchev–Trinajstić information content (AvgIpc) is 3.04. The van der Waals surface area contributed by atoms with Crippen molar-refractivity contribution in [2.75, 3.05) is 19.7 Å². The summed E-state index contributed by atoms with van der Waals surface area (Å²) >= 11 is 0. The fourth-order valence-electron chi connectivity index (χ4n) is 2.68. The van der Waals surface area contributed by atoms with Gasteiger partial charge in [-0.3, -0.25) is 0 Å². The molecule has 0 radical (unpaired) electrons. The molecule has 1 fully saturated rings. The first kappa shape index (κ1) is 18.6. The van der Waals surface area contributed by atoms with E-state index < -0.39 is 0 Å². The molecule has 5 nitrogen and oxygen atoms in total. The molecule has 2 rings (SSSR count). The number of guanidine groups is 1. The van der Waals surface area contributed by atoms with E-state index >= 15 is 0 Å². The smallest absolute Gasteiger partial charge is 0.191 e. The molecule has 1 aromatic rings. The van der Waals surface area contributed by atoms with Crippen LogP contribution in [0.2, 0.25) is 0 Å². The number of rotatable bonds is 7. The molecule has 0 aliphatic carbocycles. The second-order valence-electron chi connectivity index (χ2n) is 6.49. The molecule has 1 aromatic carbocycles. The molecule has 1 aliphatic rings. The highest BCUT2D eigenvalue weighted by molar-refractivity contribution is 5.79. The molecule has 1 atom stereocenters. The van der Waals surface area contributed by atoms with Crippen LogP contribution in [-0.2, 0) is 11.3 Å². The van der Waals surface area contributed by atoms with E-state index in [1.165, 1.54) is 5.56 Å². The Hall–Kier alpha value is -1.75. The first-order valence-corrected chi connectivity index (χ1v) is 8.98. The molecule has 1 aliphatic heterocycles. The normalized spacial score (nSPS) is 18.0. The third kappa shape index (κ3) is 6.04. The summed E-state index contributed by atoms with van der Waals surface area (Å²) in [7, 11) is 0. The summed E-state index contributed by atoms with van der Waals surface area (Å²) in [5, 5.41) is 6.67. The molecule has 2 N–H and O–H groups in total. The van der Waals surface area contributed by atoms with E-state index in [2.05, 4.69) is 42.7 Å². The number of benzene rings is 1. The van der Waals surface area contributed by atoms with Crippen molar-refractivity contribution in [3.05, 3.63) is 29.3 Å². The van der Waals surface area contributed by atoms with E-state index in [0.717, 1.165) is 49.8 Å². The van der Waals surface area contributed by atoms with Gasteiger partial charge < -0.3 is 20.1 Å². The highest BCUT2D eigenvalue weighted by Gasteiger charge is 2.15. The van der Waals surface area contributed by atoms with Gasteiger partial charge in [0.05, 0.1) is 18.8 Å². The van der Waals surface area contributed by atoms with Gasteiger partial charge in [-0.2, -0.15) is 0 Å². The molecule has 5 heteroatoms. The SMILES string of the molecule is CCNC(=NCc1ccc(C)cc1OC(C)C)NCC1CCCO1. The van der Waals surface area contributed by atoms with Crippen LogP contribution < -0.4 is 15.4 Å². The first-order valence-electron chi connectivity index (χ1n) is 8.98. The molecule has 0 aromatic heterocycles. The standard InChI is InChI=1S/C19H31N3O2/c1-5-20-19(22-13-17-7-6-10-23-17)21-12-16-9-8-15(4)11-18(16)24-14(2)3/h8-9,11,14,17H,5-7,10,12-13H2,1-4H3,(H2,20,21,22). The summed E-state index contributed by atoms with van der Waals surface area (Å²) in [4.78, 5) is 4.70. The van der Waals surface area contributed by atoms with E-state index in [4.69, 9.17) is 14.5 Å². The Morgan fingerprint density at radius 1 is 1.38 bits per heavy atom. The van der Waals surface area contributed by atoms with Crippen LogP contribution in [0.5, 0.6) is 5.75 Å². The van der Waals surface area contributed by atoms with Gasteiger partial charge in [0.2, 0.25) is 0 Å². The summed E-state index contributed by atoms with van der Waals surface area (Å²) in [5.41, 5.74) is 2.30. The van der Waals surface area contributed by atoms with Crippen molar-refractivity contribution in [3.63, 3.8) is 0 Å². The summed E-state index contributed by atoms with van der Waals surface area (Å²) < 4.78 is 11.6. The zero-order valence-electron chi connectivity index (χ0n) is 15.4. The largest absolute Gasteiger partial charge is 0.491 e. The van der Waals surface area contributed by atoms with Crippen LogP contribution in [-0.4, -0.2) is 37.9 Å². The Balaban J connectivity index is 2.01. The lowest BCUT2D eigenvalue weighted by Crippen LogP contribution is -2.41. The lowest BCUT2D eigenvalue weighted by atomic mass is 10.1. The van der Waals surface area contributed by atoms with Crippen LogP contribution in [0.4, 0.5) is 0 Å². The van der Waals surface area contributed by atoms with E-state index in [1.54, 1.807) is 0 Å². The molecular weight excluding hydrogens is 302 g/mol. The zero-order chi connectivity index (χ0) is 17.4. The van der Waals surface area contributed by atoms with Crippen molar-refractivity contribution < 1.29 is 9.47 Å². The van der Waals surface area contributed by atoms with Gasteiger partial charge in [0.1, 0.15) is 5.75 Å². The van der Waals surface area contributed by atoms with Crippen LogP contribution >= 0.6 is 0 Å². The first-order chi connectivity index (χ1) is 11.6. The van der Waals surface area contributed by atoms with E-state index in [0.29, 0.717) is 12.6 Å². The van der Waals surface area contributed by atoms with Crippen molar-refractivity contribution in [2.45, 2.75) is 59.3 Å². The van der Waals surface area contributed by atoms with Crippen LogP contribution in [0, 0.1) is 6.92 Å². The van der Waals surface area contributed by atoms with Crippen molar-refractivity contribution in [1.82, 2.24) is 10.6 Å². The maximum Gasteiger partial charge on any atom is 0.191 e. The van der Waals surface area contributed by atoms with Gasteiger partial charge in [-0.1, -0.05) is 12.1 Å². The van der Waals surface area contributed by atoms with Crippen LogP contribution in [0.15, 0.2) is 23.2 Å². The van der Waals surface area contributed by atoms with Gasteiger partial charge in [0.25, 0.3) is 0 Å². The molecule has 1 saturated heterocycles. The Morgan fingerprint density at radius 2 is 2.21 bits per heavy atom. The molecule has 0 saturated carbocycles. The summed E-state index contributed by atoms with van der Waals surface area (Å²) in [6, 6.07) is 6.28. The third-order valence-corrected chi connectivity index (χ3v) is 3.86. The molecule has 24 heavy (non-hydrogen) atoms. The Morgan fingerprint density at radius 3 is 2.88 bits per heavy atom. The number of hydrogen-bond acceptors (Lipinski definition) is 3. The Labute approximate surface area is 145 Å². The highest BCUT2D eigenvalue weighted by atomic mass is 16.5. The van der Waals surface area contributed by atoms with Gasteiger partial charge in [0, 0.05) is 25.3 Å². The quantitative estimate of drug-likeness (QED) is 0.595. The van der Waals surface area contributed by atoms with Crippen molar-refractivity contribution in [1.29, 1.82) is 0 Å². The number of hydrogen-bond donors (Lipinski definition) is 2. The minimum Gasteiger partial charge on any atom is -0.491 e. The average molecular weight is 333 g/mol. The fraction of sp³-hybridized carbons (Fsp3) is 0.632. The minimum atomic E-state index is 0.153. The van der Waals surface area contributed by atoms with E-state index in [-0.39, 0.29) is 6.10 Å². The maximum absolute atomic E-state index is 5.93. The number of aliphatic imine (C=N–C) groups is 1. The van der Waals surface area contributed by atoms with Crippen molar-refractivity contribution in [2.24, 2.45) is 4.99 Å². The Kier molecular flexibility index (Phi) is 7.37. The number of ether oxygens (including phenoxy) is 2. The van der Waals surface area contributed by atoms with Gasteiger partial charge >= 0.3 is 0 Å². The van der Waals surface area contributed by atoms with Crippen LogP contribution in [0.3, 0.4) is 0 Å². The van der Waals surface area contributed by atoms with Gasteiger partial charge in [-0.05, 0) is 52.2 Å². The molecule has 0 spiro atoms. The molecule has 0 bridgehead atoms. The van der Waals surface area contributed by atoms with Crippen LogP contribution in [0.1, 0.15) is 44.7 Å². The molecule has 1 heterocycles. The summed E-state index contributed by atoms with van der Waals surface area (Å²) in [6.45, 7) is 11.3. The monoisotopic (exact) mass is 333 g/mol. The third-order valence-electron chi connectivity index (χ3n) is 3.86. The second kappa shape index (κ2) is 9.52. The van der Waals surface area contributed by atoms with E-state index in [9.17, 15) is 0 Å². The Bertz CT molecular complexity index is 537. The van der Waals surface area contributed by atoms with Gasteiger partial charge in [-0.25, -0.2) is 4.99 Å². The lowest BCUT2D eigenvalue weighted by molar-refractivity contribution is 0.114. The lowest BCUT2D eigenvalue weighted by Gasteiger charge is -2.16. The van der Waals surface area contributed by atoms with Crippen molar-refractivity contribution in [3.8, 4) is 5.75 Å². The molecule has 1 unspecified atom stereocenters. The summed E-state index contributed by atoms with van der Waals surface area (Å²) in [5.74, 6) is 1.74. The predicted octanol–water partition coefficient (Wildman–Crippen LogP) is 3.02. The zero-order valence-corrected chi connectivity index (χ0v) is 15.4. The predicted molar refractivity (Wildman–Crippen MR) is 98.7 cm³/mol. The molecule has 134 valence electrons. The summed E-state index contributed by atoms with van der Waals surface area (Å²) in [6.07, 6.45) is 2.73. The van der Waals surface area contributed by atoms with Gasteiger partial charge in [-0.15, -0.1) is 0 Å². The molecule has 0 amide bonds. The maximum atomic E-state index is 5.93. The minimum absolute atomic E-state index is 0.153. The van der Waals surface area contributed by atoms with E-state index in [1.807, 2.05) is 13.8 Å². The number of nitrogens with zero attached hydrogens (tertiary/aromatic N) is 1. The second-order valence-corrected chi connectivity index (χ2v) is 6.49. The van der Waals surface area contributed by atoms with Crippen LogP contribution in [0.25, 0.3) is 0 Å². The topological polar surface area (TPSA) is 54.9 Å². The van der Waals surface area contributed by atoms with Gasteiger partial charge in [0.15, 0.2) is 5.96 Å².